The minimum absolute atomic E-state index is 0.0350. The summed E-state index contributed by atoms with van der Waals surface area (Å²) >= 11 is 0. The Morgan fingerprint density at radius 1 is 1.42 bits per heavy atom. The van der Waals surface area contributed by atoms with Gasteiger partial charge in [-0.05, 0) is 25.0 Å². The number of nitrogens with one attached hydrogen (secondary N) is 1. The van der Waals surface area contributed by atoms with Crippen LogP contribution in [0.1, 0.15) is 12.8 Å². The number of carbonyl (C=O) groups excluding carboxylic acids is 3. The smallest absolute Gasteiger partial charge is 0.325 e. The second-order valence-electron chi connectivity index (χ2n) is 6.07. The van der Waals surface area contributed by atoms with Gasteiger partial charge in [0.05, 0.1) is 6.54 Å². The topological polar surface area (TPSA) is 85.8 Å². The quantitative estimate of drug-likeness (QED) is 0.789. The van der Waals surface area contributed by atoms with Gasteiger partial charge in [0.1, 0.15) is 12.4 Å². The molecule has 0 aromatic carbocycles. The first kappa shape index (κ1) is 16.2. The number of carbonyl (C=O) groups is 3. The Bertz CT molecular complexity index is 620. The van der Waals surface area contributed by atoms with Gasteiger partial charge in [0.2, 0.25) is 5.91 Å². The van der Waals surface area contributed by atoms with Crippen LogP contribution >= 0.6 is 0 Å². The summed E-state index contributed by atoms with van der Waals surface area (Å²) in [5, 5.41) is 2.42. The number of urea groups is 1. The highest BCUT2D eigenvalue weighted by molar-refractivity contribution is 6.04. The van der Waals surface area contributed by atoms with E-state index in [9.17, 15) is 14.4 Å². The van der Waals surface area contributed by atoms with E-state index in [4.69, 9.17) is 0 Å². The predicted octanol–water partition coefficient (Wildman–Crippen LogP) is 0.0606. The molecule has 3 heterocycles. The van der Waals surface area contributed by atoms with Gasteiger partial charge < -0.3 is 15.1 Å². The number of hydrogen-bond acceptors (Lipinski definition) is 5. The maximum absolute atomic E-state index is 12.5. The lowest BCUT2D eigenvalue weighted by Gasteiger charge is -2.38. The van der Waals surface area contributed by atoms with Gasteiger partial charge in [-0.1, -0.05) is 6.07 Å². The van der Waals surface area contributed by atoms with Crippen molar-refractivity contribution in [3.63, 3.8) is 0 Å². The van der Waals surface area contributed by atoms with E-state index < -0.39 is 6.03 Å². The Kier molecular flexibility index (Phi) is 4.64. The zero-order valence-electron chi connectivity index (χ0n) is 13.6. The number of anilines is 1. The fraction of sp³-hybridized carbons (Fsp3) is 0.500. The van der Waals surface area contributed by atoms with Gasteiger partial charge in [-0.3, -0.25) is 14.5 Å². The molecule has 0 radical (unpaired) electrons. The lowest BCUT2D eigenvalue weighted by atomic mass is 10.0. The Balaban J connectivity index is 1.61. The van der Waals surface area contributed by atoms with Crippen LogP contribution in [-0.4, -0.2) is 71.9 Å². The molecular weight excluding hydrogens is 310 g/mol. The first-order chi connectivity index (χ1) is 11.6. The third kappa shape index (κ3) is 3.32. The second kappa shape index (κ2) is 6.86. The first-order valence-corrected chi connectivity index (χ1v) is 8.06. The molecule has 0 unspecified atom stereocenters. The Labute approximate surface area is 140 Å². The zero-order valence-corrected chi connectivity index (χ0v) is 13.6. The van der Waals surface area contributed by atoms with E-state index in [1.807, 2.05) is 18.2 Å². The number of piperidine rings is 1. The molecule has 1 N–H and O–H groups in total. The molecule has 24 heavy (non-hydrogen) atoms. The largest absolute Gasteiger partial charge is 0.355 e. The summed E-state index contributed by atoms with van der Waals surface area (Å²) in [5.41, 5.74) is 0. The summed E-state index contributed by atoms with van der Waals surface area (Å²) in [5.74, 6) is 0.311. The molecule has 8 nitrogen and oxygen atoms in total. The van der Waals surface area contributed by atoms with E-state index in [2.05, 4.69) is 15.2 Å². The summed E-state index contributed by atoms with van der Waals surface area (Å²) < 4.78 is 0. The van der Waals surface area contributed by atoms with E-state index in [0.717, 1.165) is 30.1 Å². The summed E-state index contributed by atoms with van der Waals surface area (Å²) in [4.78, 5) is 44.8. The Morgan fingerprint density at radius 2 is 2.25 bits per heavy atom. The molecule has 128 valence electrons. The lowest BCUT2D eigenvalue weighted by Crippen LogP contribution is -2.51. The fourth-order valence-electron chi connectivity index (χ4n) is 3.09. The van der Waals surface area contributed by atoms with Crippen molar-refractivity contribution in [3.8, 4) is 0 Å². The molecule has 1 aromatic rings. The number of rotatable bonds is 4. The molecule has 3 rings (SSSR count). The third-order valence-corrected chi connectivity index (χ3v) is 4.54. The number of amides is 4. The molecule has 0 bridgehead atoms. The number of pyridine rings is 1. The van der Waals surface area contributed by atoms with Crippen molar-refractivity contribution < 1.29 is 14.4 Å². The van der Waals surface area contributed by atoms with Crippen molar-refractivity contribution in [3.05, 3.63) is 24.4 Å². The molecule has 0 aliphatic carbocycles. The number of nitrogens with zero attached hydrogens (tertiary/aromatic N) is 4. The minimum atomic E-state index is -0.500. The standard InChI is InChI=1S/C16H21N5O3/c1-19(15(23)11-21-14(22)9-18-16(21)24)12-5-4-8-20(10-12)13-6-2-3-7-17-13/h2-3,6-7,12H,4-5,8-11H2,1H3,(H,18,24)/t12-/m1/s1. The van der Waals surface area contributed by atoms with Crippen molar-refractivity contribution in [1.29, 1.82) is 0 Å². The van der Waals surface area contributed by atoms with E-state index in [-0.39, 0.29) is 30.9 Å². The van der Waals surface area contributed by atoms with Crippen LogP contribution in [-0.2, 0) is 9.59 Å². The minimum Gasteiger partial charge on any atom is -0.355 e. The molecule has 0 spiro atoms. The van der Waals surface area contributed by atoms with Crippen LogP contribution in [0.4, 0.5) is 10.6 Å². The highest BCUT2D eigenvalue weighted by Gasteiger charge is 2.33. The molecule has 1 atom stereocenters. The van der Waals surface area contributed by atoms with Crippen LogP contribution in [0.5, 0.6) is 0 Å². The lowest BCUT2D eigenvalue weighted by molar-refractivity contribution is -0.137. The van der Waals surface area contributed by atoms with E-state index in [0.29, 0.717) is 6.54 Å². The van der Waals surface area contributed by atoms with Gasteiger partial charge in [0.15, 0.2) is 0 Å². The number of hydrogen-bond donors (Lipinski definition) is 1. The highest BCUT2D eigenvalue weighted by Crippen LogP contribution is 2.20. The maximum atomic E-state index is 12.5. The fourth-order valence-corrected chi connectivity index (χ4v) is 3.09. The zero-order chi connectivity index (χ0) is 17.1. The van der Waals surface area contributed by atoms with Crippen molar-refractivity contribution in [1.82, 2.24) is 20.1 Å². The van der Waals surface area contributed by atoms with Crippen LogP contribution in [0.15, 0.2) is 24.4 Å². The van der Waals surface area contributed by atoms with Gasteiger partial charge in [0, 0.05) is 32.4 Å². The van der Waals surface area contributed by atoms with Crippen molar-refractivity contribution in [2.45, 2.75) is 18.9 Å². The Hall–Kier alpha value is -2.64. The van der Waals surface area contributed by atoms with Crippen molar-refractivity contribution in [2.24, 2.45) is 0 Å². The normalized spacial score (nSPS) is 21.0. The molecule has 2 saturated heterocycles. The van der Waals surface area contributed by atoms with Gasteiger partial charge in [0.25, 0.3) is 5.91 Å². The number of likely N-dealkylation sites (N-methyl/N-ethyl adjacent to an activating group) is 1. The summed E-state index contributed by atoms with van der Waals surface area (Å²) in [6.07, 6.45) is 3.61. The Morgan fingerprint density at radius 3 is 2.92 bits per heavy atom. The molecular formula is C16H21N5O3. The van der Waals surface area contributed by atoms with E-state index >= 15 is 0 Å². The SMILES string of the molecule is CN(C(=O)CN1C(=O)CNC1=O)[C@@H]1CCCN(c2ccccn2)C1. The average Bonchev–Trinajstić information content (AvgIpc) is 2.94. The third-order valence-electron chi connectivity index (χ3n) is 4.54. The van der Waals surface area contributed by atoms with Crippen LogP contribution < -0.4 is 10.2 Å². The second-order valence-corrected chi connectivity index (χ2v) is 6.07. The van der Waals surface area contributed by atoms with Crippen LogP contribution in [0.3, 0.4) is 0 Å². The van der Waals surface area contributed by atoms with Gasteiger partial charge in [-0.2, -0.15) is 0 Å². The molecule has 2 aliphatic heterocycles. The predicted molar refractivity (Wildman–Crippen MR) is 87.4 cm³/mol. The summed E-state index contributed by atoms with van der Waals surface area (Å²) in [6.45, 7) is 1.36. The van der Waals surface area contributed by atoms with Gasteiger partial charge in [-0.25, -0.2) is 9.78 Å². The van der Waals surface area contributed by atoms with Gasteiger partial charge in [-0.15, -0.1) is 0 Å². The molecule has 8 heteroatoms. The number of aromatic nitrogens is 1. The monoisotopic (exact) mass is 331 g/mol. The van der Waals surface area contributed by atoms with Crippen molar-refractivity contribution >= 4 is 23.7 Å². The van der Waals surface area contributed by atoms with Crippen LogP contribution in [0, 0.1) is 0 Å². The average molecular weight is 331 g/mol. The molecule has 1 aromatic heterocycles. The van der Waals surface area contributed by atoms with Crippen molar-refractivity contribution in [2.75, 3.05) is 38.1 Å². The molecule has 2 fully saturated rings. The maximum Gasteiger partial charge on any atom is 0.325 e. The van der Waals surface area contributed by atoms with Crippen LogP contribution in [0.2, 0.25) is 0 Å². The molecule has 0 saturated carbocycles. The first-order valence-electron chi connectivity index (χ1n) is 8.06. The summed E-state index contributed by atoms with van der Waals surface area (Å²) in [7, 11) is 1.73. The van der Waals surface area contributed by atoms with E-state index in [1.54, 1.807) is 18.1 Å². The summed E-state index contributed by atoms with van der Waals surface area (Å²) in [6, 6.07) is 5.31. The van der Waals surface area contributed by atoms with E-state index in [1.165, 1.54) is 0 Å². The van der Waals surface area contributed by atoms with Crippen LogP contribution in [0.25, 0.3) is 0 Å². The molecule has 4 amide bonds. The molecule has 2 aliphatic rings. The van der Waals surface area contributed by atoms with Gasteiger partial charge >= 0.3 is 6.03 Å². The number of imide groups is 1. The highest BCUT2D eigenvalue weighted by atomic mass is 16.2.